The molecule has 2 rings (SSSR count). The van der Waals surface area contributed by atoms with Gasteiger partial charge in [0, 0.05) is 33.4 Å². The molecule has 1 aromatic heterocycles. The predicted octanol–water partition coefficient (Wildman–Crippen LogP) is -0.113. The van der Waals surface area contributed by atoms with E-state index in [0.717, 1.165) is 25.3 Å². The van der Waals surface area contributed by atoms with Gasteiger partial charge in [0.2, 0.25) is 0 Å². The van der Waals surface area contributed by atoms with Crippen molar-refractivity contribution in [2.45, 2.75) is 71.2 Å². The highest BCUT2D eigenvalue weighted by atomic mass is 16.7. The third kappa shape index (κ3) is 5.87. The minimum atomic E-state index is -1.46. The van der Waals surface area contributed by atoms with E-state index in [1.807, 2.05) is 0 Å². The van der Waals surface area contributed by atoms with E-state index in [2.05, 4.69) is 4.98 Å². The van der Waals surface area contributed by atoms with Crippen LogP contribution in [0.15, 0.2) is 17.1 Å². The molecule has 1 unspecified atom stereocenters. The number of hydrogen-bond acceptors (Lipinski definition) is 11. The molecule has 1 fully saturated rings. The molecule has 0 saturated carbocycles. The zero-order valence-corrected chi connectivity index (χ0v) is 17.6. The third-order valence-corrected chi connectivity index (χ3v) is 4.36. The van der Waals surface area contributed by atoms with Crippen molar-refractivity contribution in [1.29, 1.82) is 0 Å². The molecule has 2 N–H and O–H groups in total. The number of ketones is 1. The van der Waals surface area contributed by atoms with Crippen molar-refractivity contribution in [2.75, 3.05) is 5.73 Å². The highest BCUT2D eigenvalue weighted by Gasteiger charge is 2.55. The van der Waals surface area contributed by atoms with Gasteiger partial charge in [0.1, 0.15) is 11.9 Å². The number of nitrogens with two attached hydrogens (primary N) is 1. The molecule has 2 heterocycles. The fourth-order valence-electron chi connectivity index (χ4n) is 3.28. The summed E-state index contributed by atoms with van der Waals surface area (Å²) >= 11 is 0. The van der Waals surface area contributed by atoms with Crippen LogP contribution in [0.5, 0.6) is 0 Å². The van der Waals surface area contributed by atoms with Crippen LogP contribution in [-0.4, -0.2) is 57.7 Å². The molecule has 12 nitrogen and oxygen atoms in total. The van der Waals surface area contributed by atoms with E-state index in [-0.39, 0.29) is 12.2 Å². The van der Waals surface area contributed by atoms with Gasteiger partial charge < -0.3 is 24.7 Å². The van der Waals surface area contributed by atoms with Crippen molar-refractivity contribution in [3.05, 3.63) is 22.7 Å². The largest absolute Gasteiger partial charge is 0.455 e. The van der Waals surface area contributed by atoms with E-state index in [1.54, 1.807) is 6.92 Å². The number of anilines is 1. The molecule has 0 bridgehead atoms. The van der Waals surface area contributed by atoms with Crippen molar-refractivity contribution in [3.63, 3.8) is 0 Å². The molecule has 0 spiro atoms. The Morgan fingerprint density at radius 1 is 1.13 bits per heavy atom. The number of nitrogen functional groups attached to an aromatic ring is 1. The lowest BCUT2D eigenvalue weighted by Gasteiger charge is -2.27. The van der Waals surface area contributed by atoms with Gasteiger partial charge >= 0.3 is 23.6 Å². The lowest BCUT2D eigenvalue weighted by atomic mass is 9.99. The average Bonchev–Trinajstić information content (AvgIpc) is 2.96. The molecule has 0 aliphatic carbocycles. The Kier molecular flexibility index (Phi) is 7.86. The molecular formula is C19H25N3O9. The fourth-order valence-corrected chi connectivity index (χ4v) is 3.28. The molecule has 0 aromatic carbocycles. The summed E-state index contributed by atoms with van der Waals surface area (Å²) in [4.78, 5) is 63.8. The second-order valence-electron chi connectivity index (χ2n) is 6.93. The highest BCUT2D eigenvalue weighted by molar-refractivity contribution is 5.86. The number of rotatable bonds is 8. The zero-order chi connectivity index (χ0) is 23.3. The standard InChI is InChI=1S/C19H25N3O9/c1-5-6-12(26)14(28-9(2)23)15-16(29-10(3)24)17(30-11(4)25)18(31-15)22-8-7-13(20)21-19(22)27/h7-8,14-18H,5-6H2,1-4H3,(H2,20,21,27)/t14?,15-,16-,17-,18-/m1/s1. The molecule has 170 valence electrons. The predicted molar refractivity (Wildman–Crippen MR) is 103 cm³/mol. The minimum absolute atomic E-state index is 0.0488. The molecule has 0 radical (unpaired) electrons. The monoisotopic (exact) mass is 439 g/mol. The first-order valence-electron chi connectivity index (χ1n) is 9.59. The van der Waals surface area contributed by atoms with Crippen molar-refractivity contribution >= 4 is 29.5 Å². The second-order valence-corrected chi connectivity index (χ2v) is 6.93. The van der Waals surface area contributed by atoms with E-state index in [0.29, 0.717) is 6.42 Å². The first kappa shape index (κ1) is 24.0. The van der Waals surface area contributed by atoms with Crippen LogP contribution >= 0.6 is 0 Å². The summed E-state index contributed by atoms with van der Waals surface area (Å²) in [6, 6.07) is 1.32. The Morgan fingerprint density at radius 2 is 1.74 bits per heavy atom. The van der Waals surface area contributed by atoms with Crippen LogP contribution in [0.25, 0.3) is 0 Å². The summed E-state index contributed by atoms with van der Waals surface area (Å²) in [5.74, 6) is -2.81. The van der Waals surface area contributed by atoms with Gasteiger partial charge in [-0.05, 0) is 12.5 Å². The van der Waals surface area contributed by atoms with Crippen molar-refractivity contribution in [3.8, 4) is 0 Å². The summed E-state index contributed by atoms with van der Waals surface area (Å²) in [7, 11) is 0. The summed E-state index contributed by atoms with van der Waals surface area (Å²) in [6.07, 6.45) is -5.04. The van der Waals surface area contributed by atoms with Crippen LogP contribution in [-0.2, 0) is 38.1 Å². The van der Waals surface area contributed by atoms with Gasteiger partial charge in [-0.15, -0.1) is 0 Å². The van der Waals surface area contributed by atoms with Gasteiger partial charge in [-0.1, -0.05) is 6.92 Å². The normalized spacial score (nSPS) is 23.6. The van der Waals surface area contributed by atoms with Crippen molar-refractivity contribution in [2.24, 2.45) is 0 Å². The van der Waals surface area contributed by atoms with E-state index in [9.17, 15) is 24.0 Å². The molecule has 5 atom stereocenters. The minimum Gasteiger partial charge on any atom is -0.455 e. The molecule has 1 aliphatic rings. The Hall–Kier alpha value is -3.28. The maximum atomic E-state index is 12.7. The van der Waals surface area contributed by atoms with Crippen LogP contribution in [0.4, 0.5) is 5.82 Å². The molecule has 1 saturated heterocycles. The Labute approximate surface area is 177 Å². The number of carbonyl (C=O) groups excluding carboxylic acids is 4. The van der Waals surface area contributed by atoms with Crippen LogP contribution in [0.2, 0.25) is 0 Å². The number of carbonyl (C=O) groups is 4. The van der Waals surface area contributed by atoms with Crippen LogP contribution < -0.4 is 11.4 Å². The van der Waals surface area contributed by atoms with E-state index in [4.69, 9.17) is 24.7 Å². The molecule has 12 heteroatoms. The molecule has 31 heavy (non-hydrogen) atoms. The van der Waals surface area contributed by atoms with E-state index in [1.165, 1.54) is 12.3 Å². The second kappa shape index (κ2) is 10.2. The molecule has 1 aliphatic heterocycles. The molecule has 1 aromatic rings. The van der Waals surface area contributed by atoms with Crippen molar-refractivity contribution < 1.29 is 38.1 Å². The van der Waals surface area contributed by atoms with Gasteiger partial charge in [0.15, 0.2) is 30.3 Å². The third-order valence-electron chi connectivity index (χ3n) is 4.36. The quantitative estimate of drug-likeness (QED) is 0.424. The van der Waals surface area contributed by atoms with Gasteiger partial charge in [-0.2, -0.15) is 4.98 Å². The number of hydrogen-bond donors (Lipinski definition) is 1. The number of aromatic nitrogens is 2. The number of ether oxygens (including phenoxy) is 4. The average molecular weight is 439 g/mol. The lowest BCUT2D eigenvalue weighted by molar-refractivity contribution is -0.173. The first-order valence-corrected chi connectivity index (χ1v) is 9.59. The number of esters is 3. The first-order chi connectivity index (χ1) is 14.5. The van der Waals surface area contributed by atoms with Crippen molar-refractivity contribution in [1.82, 2.24) is 9.55 Å². The topological polar surface area (TPSA) is 166 Å². The summed E-state index contributed by atoms with van der Waals surface area (Å²) < 4.78 is 22.6. The van der Waals surface area contributed by atoms with Gasteiger partial charge in [0.05, 0.1) is 0 Å². The maximum absolute atomic E-state index is 12.7. The Morgan fingerprint density at radius 3 is 2.26 bits per heavy atom. The Bertz CT molecular complexity index is 913. The summed E-state index contributed by atoms with van der Waals surface area (Å²) in [5, 5.41) is 0. The lowest BCUT2D eigenvalue weighted by Crippen LogP contribution is -2.48. The van der Waals surface area contributed by atoms with Gasteiger partial charge in [0.25, 0.3) is 0 Å². The van der Waals surface area contributed by atoms with E-state index < -0.39 is 60.0 Å². The maximum Gasteiger partial charge on any atom is 0.351 e. The highest BCUT2D eigenvalue weighted by Crippen LogP contribution is 2.36. The summed E-state index contributed by atoms with van der Waals surface area (Å²) in [5.41, 5.74) is 4.69. The van der Waals surface area contributed by atoms with E-state index >= 15 is 0 Å². The zero-order valence-electron chi connectivity index (χ0n) is 17.6. The van der Waals surface area contributed by atoms with Crippen LogP contribution in [0.1, 0.15) is 46.8 Å². The Balaban J connectivity index is 2.57. The molecular weight excluding hydrogens is 414 g/mol. The summed E-state index contributed by atoms with van der Waals surface area (Å²) in [6.45, 7) is 5.09. The number of nitrogens with zero attached hydrogens (tertiary/aromatic N) is 2. The van der Waals surface area contributed by atoms with Gasteiger partial charge in [-0.25, -0.2) is 4.79 Å². The van der Waals surface area contributed by atoms with Gasteiger partial charge in [-0.3, -0.25) is 23.7 Å². The smallest absolute Gasteiger partial charge is 0.351 e. The fraction of sp³-hybridized carbons (Fsp3) is 0.579. The number of Topliss-reactive ketones (excluding diaryl/α,β-unsaturated/α-hetero) is 1. The van der Waals surface area contributed by atoms with Crippen LogP contribution in [0, 0.1) is 0 Å². The SMILES string of the molecule is CCCC(=O)C(OC(C)=O)[C@H]1O[C@@H](n2ccc(N)nc2=O)[C@H](OC(C)=O)[C@@H]1OC(C)=O. The molecule has 0 amide bonds. The van der Waals surface area contributed by atoms with Crippen LogP contribution in [0.3, 0.4) is 0 Å².